The molecule has 4 nitrogen and oxygen atoms in total. The van der Waals surface area contributed by atoms with Crippen LogP contribution in [0.2, 0.25) is 0 Å². The topological polar surface area (TPSA) is 46.6 Å². The van der Waals surface area contributed by atoms with E-state index in [1.54, 1.807) is 19.9 Å². The highest BCUT2D eigenvalue weighted by Crippen LogP contribution is 2.46. The molecule has 0 radical (unpaired) electrons. The second-order valence-corrected chi connectivity index (χ2v) is 5.58. The Morgan fingerprint density at radius 2 is 2.04 bits per heavy atom. The van der Waals surface area contributed by atoms with Crippen LogP contribution in [-0.4, -0.2) is 36.6 Å². The number of alkyl halides is 3. The first-order valence-corrected chi connectivity index (χ1v) is 7.28. The average Bonchev–Trinajstić information content (AvgIpc) is 2.71. The number of nitrogens with zero attached hydrogens (tertiary/aromatic N) is 1. The number of halogens is 3. The Labute approximate surface area is 132 Å². The Morgan fingerprint density at radius 1 is 1.39 bits per heavy atom. The quantitative estimate of drug-likeness (QED) is 0.797. The lowest BCUT2D eigenvalue weighted by atomic mass is 9.91. The van der Waals surface area contributed by atoms with Crippen molar-refractivity contribution in [2.45, 2.75) is 32.5 Å². The zero-order valence-electron chi connectivity index (χ0n) is 13.1. The van der Waals surface area contributed by atoms with Gasteiger partial charge in [0.25, 0.3) is 5.91 Å². The molecule has 0 bridgehead atoms. The van der Waals surface area contributed by atoms with Crippen molar-refractivity contribution in [2.75, 3.05) is 13.7 Å². The van der Waals surface area contributed by atoms with E-state index >= 15 is 0 Å². The first kappa shape index (κ1) is 17.3. The fourth-order valence-electron chi connectivity index (χ4n) is 2.98. The zero-order valence-corrected chi connectivity index (χ0v) is 13.1. The summed E-state index contributed by atoms with van der Waals surface area (Å²) in [5.41, 5.74) is 1.18. The SMILES string of the molecule is CCCN1C(=O)c2ccc(C)cc2C1C(C(=O)OC)C(F)(F)F. The maximum atomic E-state index is 13.5. The molecule has 0 aliphatic carbocycles. The van der Waals surface area contributed by atoms with Crippen LogP contribution in [0.5, 0.6) is 0 Å². The van der Waals surface area contributed by atoms with E-state index < -0.39 is 30.0 Å². The summed E-state index contributed by atoms with van der Waals surface area (Å²) in [5, 5.41) is 0. The van der Waals surface area contributed by atoms with Crippen LogP contribution in [0, 0.1) is 12.8 Å². The molecular formula is C16H18F3NO3. The molecule has 7 heteroatoms. The number of benzene rings is 1. The summed E-state index contributed by atoms with van der Waals surface area (Å²) in [6, 6.07) is 3.34. The average molecular weight is 329 g/mol. The minimum Gasteiger partial charge on any atom is -0.468 e. The molecule has 0 saturated heterocycles. The van der Waals surface area contributed by atoms with Crippen molar-refractivity contribution in [3.05, 3.63) is 34.9 Å². The van der Waals surface area contributed by atoms with Gasteiger partial charge in [0.15, 0.2) is 5.92 Å². The van der Waals surface area contributed by atoms with Gasteiger partial charge in [-0.15, -0.1) is 0 Å². The monoisotopic (exact) mass is 329 g/mol. The van der Waals surface area contributed by atoms with Crippen molar-refractivity contribution in [2.24, 2.45) is 5.92 Å². The molecule has 0 saturated carbocycles. The summed E-state index contributed by atoms with van der Waals surface area (Å²) < 4.78 is 44.9. The number of amides is 1. The lowest BCUT2D eigenvalue weighted by molar-refractivity contribution is -0.206. The van der Waals surface area contributed by atoms with Crippen LogP contribution >= 0.6 is 0 Å². The Hall–Kier alpha value is -2.05. The smallest absolute Gasteiger partial charge is 0.404 e. The van der Waals surface area contributed by atoms with Crippen LogP contribution in [0.4, 0.5) is 13.2 Å². The molecule has 2 rings (SSSR count). The summed E-state index contributed by atoms with van der Waals surface area (Å²) in [4.78, 5) is 25.4. The second kappa shape index (κ2) is 6.22. The predicted molar refractivity (Wildman–Crippen MR) is 76.8 cm³/mol. The molecule has 1 aromatic carbocycles. The van der Waals surface area contributed by atoms with E-state index in [0.717, 1.165) is 17.6 Å². The van der Waals surface area contributed by atoms with E-state index in [9.17, 15) is 22.8 Å². The van der Waals surface area contributed by atoms with Gasteiger partial charge < -0.3 is 9.64 Å². The van der Waals surface area contributed by atoms with Gasteiger partial charge in [0.05, 0.1) is 13.2 Å². The number of hydrogen-bond donors (Lipinski definition) is 0. The van der Waals surface area contributed by atoms with Gasteiger partial charge in [0.2, 0.25) is 0 Å². The summed E-state index contributed by atoms with van der Waals surface area (Å²) in [5.74, 6) is -4.26. The van der Waals surface area contributed by atoms with E-state index in [-0.39, 0.29) is 17.7 Å². The third-order valence-electron chi connectivity index (χ3n) is 3.94. The summed E-state index contributed by atoms with van der Waals surface area (Å²) in [6.45, 7) is 3.63. The van der Waals surface area contributed by atoms with Gasteiger partial charge in [-0.1, -0.05) is 24.6 Å². The third-order valence-corrected chi connectivity index (χ3v) is 3.94. The minimum atomic E-state index is -4.81. The van der Waals surface area contributed by atoms with Crippen molar-refractivity contribution < 1.29 is 27.5 Å². The maximum Gasteiger partial charge on any atom is 0.404 e. The molecule has 23 heavy (non-hydrogen) atoms. The number of carbonyl (C=O) groups excluding carboxylic acids is 2. The number of methoxy groups -OCH3 is 1. The molecule has 1 amide bonds. The second-order valence-electron chi connectivity index (χ2n) is 5.58. The fraction of sp³-hybridized carbons (Fsp3) is 0.500. The standard InChI is InChI=1S/C16H18F3NO3/c1-4-7-20-13(12(15(22)23-3)16(17,18)19)11-8-9(2)5-6-10(11)14(20)21/h5-6,8,12-13H,4,7H2,1-3H3. The van der Waals surface area contributed by atoms with Crippen molar-refractivity contribution in [1.82, 2.24) is 4.90 Å². The highest BCUT2D eigenvalue weighted by Gasteiger charge is 2.56. The fourth-order valence-corrected chi connectivity index (χ4v) is 2.98. The number of esters is 1. The number of carbonyl (C=O) groups is 2. The largest absolute Gasteiger partial charge is 0.468 e. The first-order valence-electron chi connectivity index (χ1n) is 7.28. The van der Waals surface area contributed by atoms with E-state index in [1.807, 2.05) is 0 Å². The van der Waals surface area contributed by atoms with Crippen molar-refractivity contribution in [3.63, 3.8) is 0 Å². The van der Waals surface area contributed by atoms with Crippen molar-refractivity contribution in [3.8, 4) is 0 Å². The van der Waals surface area contributed by atoms with Crippen LogP contribution < -0.4 is 0 Å². The molecule has 2 atom stereocenters. The van der Waals surface area contributed by atoms with Crippen LogP contribution in [-0.2, 0) is 9.53 Å². The third kappa shape index (κ3) is 3.04. The van der Waals surface area contributed by atoms with E-state index in [4.69, 9.17) is 0 Å². The van der Waals surface area contributed by atoms with Crippen LogP contribution in [0.1, 0.15) is 40.9 Å². The van der Waals surface area contributed by atoms with Gasteiger partial charge in [0.1, 0.15) is 0 Å². The Bertz CT molecular complexity index is 627. The number of fused-ring (bicyclic) bond motifs is 1. The van der Waals surface area contributed by atoms with Crippen LogP contribution in [0.25, 0.3) is 0 Å². The minimum absolute atomic E-state index is 0.140. The Kier molecular flexibility index (Phi) is 4.68. The van der Waals surface area contributed by atoms with Gasteiger partial charge in [-0.25, -0.2) is 0 Å². The molecule has 0 fully saturated rings. The number of rotatable bonds is 4. The molecular weight excluding hydrogens is 311 g/mol. The normalized spacial score (nSPS) is 18.8. The zero-order chi connectivity index (χ0) is 17.4. The first-order chi connectivity index (χ1) is 10.7. The summed E-state index contributed by atoms with van der Waals surface area (Å²) in [6.07, 6.45) is -4.32. The van der Waals surface area contributed by atoms with Crippen LogP contribution in [0.3, 0.4) is 0 Å². The Morgan fingerprint density at radius 3 is 2.57 bits per heavy atom. The molecule has 0 spiro atoms. The van der Waals surface area contributed by atoms with Gasteiger partial charge in [0, 0.05) is 12.1 Å². The van der Waals surface area contributed by atoms with E-state index in [2.05, 4.69) is 4.74 Å². The molecule has 1 aromatic rings. The van der Waals surface area contributed by atoms with E-state index in [0.29, 0.717) is 6.42 Å². The van der Waals surface area contributed by atoms with Crippen molar-refractivity contribution in [1.29, 1.82) is 0 Å². The molecule has 2 unspecified atom stereocenters. The molecule has 0 aromatic heterocycles. The Balaban J connectivity index is 2.62. The molecule has 0 N–H and O–H groups in total. The highest BCUT2D eigenvalue weighted by molar-refractivity contribution is 6.00. The molecule has 1 aliphatic rings. The number of ether oxygens (including phenoxy) is 1. The van der Waals surface area contributed by atoms with Crippen LogP contribution in [0.15, 0.2) is 18.2 Å². The maximum absolute atomic E-state index is 13.5. The highest BCUT2D eigenvalue weighted by atomic mass is 19.4. The summed E-state index contributed by atoms with van der Waals surface area (Å²) in [7, 11) is 0.916. The van der Waals surface area contributed by atoms with Gasteiger partial charge in [-0.2, -0.15) is 13.2 Å². The van der Waals surface area contributed by atoms with Gasteiger partial charge in [-0.05, 0) is 25.0 Å². The molecule has 1 heterocycles. The number of aryl methyl sites for hydroxylation is 1. The molecule has 1 aliphatic heterocycles. The lowest BCUT2D eigenvalue weighted by Crippen LogP contribution is -2.43. The van der Waals surface area contributed by atoms with Gasteiger partial charge in [-0.3, -0.25) is 9.59 Å². The van der Waals surface area contributed by atoms with Crippen molar-refractivity contribution >= 4 is 11.9 Å². The number of hydrogen-bond acceptors (Lipinski definition) is 3. The summed E-state index contributed by atoms with van der Waals surface area (Å²) >= 11 is 0. The predicted octanol–water partition coefficient (Wildman–Crippen LogP) is 3.25. The lowest BCUT2D eigenvalue weighted by Gasteiger charge is -2.31. The van der Waals surface area contributed by atoms with E-state index in [1.165, 1.54) is 12.1 Å². The molecule has 126 valence electrons. The van der Waals surface area contributed by atoms with Gasteiger partial charge >= 0.3 is 12.1 Å².